The van der Waals surface area contributed by atoms with Crippen molar-refractivity contribution in [3.05, 3.63) is 42.1 Å². The molecule has 2 aromatic rings. The lowest BCUT2D eigenvalue weighted by Crippen LogP contribution is -2.27. The number of rotatable bonds is 2. The maximum atomic E-state index is 12.2. The predicted molar refractivity (Wildman–Crippen MR) is 75.9 cm³/mol. The maximum Gasteiger partial charge on any atom is 0.328 e. The first-order chi connectivity index (χ1) is 9.42. The minimum absolute atomic E-state index is 0.531. The van der Waals surface area contributed by atoms with E-state index in [-0.39, 0.29) is 0 Å². The highest BCUT2D eigenvalue weighted by atomic mass is 16.6. The Labute approximate surface area is 118 Å². The van der Waals surface area contributed by atoms with Gasteiger partial charge in [-0.3, -0.25) is 9.78 Å². The van der Waals surface area contributed by atoms with Crippen molar-refractivity contribution in [1.29, 1.82) is 5.26 Å². The molecule has 102 valence electrons. The lowest BCUT2D eigenvalue weighted by atomic mass is 9.96. The highest BCUT2D eigenvalue weighted by molar-refractivity contribution is 5.90. The second-order valence-corrected chi connectivity index (χ2v) is 5.51. The number of fused-ring (bicyclic) bond motifs is 1. The van der Waals surface area contributed by atoms with Crippen molar-refractivity contribution in [2.24, 2.45) is 0 Å². The Morgan fingerprint density at radius 3 is 2.65 bits per heavy atom. The number of carbonyl (C=O) groups is 1. The van der Waals surface area contributed by atoms with Gasteiger partial charge in [0.05, 0.1) is 11.6 Å². The molecular weight excluding hydrogens is 252 g/mol. The van der Waals surface area contributed by atoms with Crippen LogP contribution in [0.15, 0.2) is 36.5 Å². The second-order valence-electron chi connectivity index (χ2n) is 5.51. The van der Waals surface area contributed by atoms with Crippen LogP contribution >= 0.6 is 0 Å². The molecule has 1 aromatic heterocycles. The molecule has 0 amide bonds. The quantitative estimate of drug-likeness (QED) is 0.785. The van der Waals surface area contributed by atoms with Crippen LogP contribution in [0.5, 0.6) is 0 Å². The molecule has 0 saturated heterocycles. The van der Waals surface area contributed by atoms with Gasteiger partial charge in [-0.2, -0.15) is 5.26 Å². The van der Waals surface area contributed by atoms with Gasteiger partial charge in [-0.1, -0.05) is 18.2 Å². The lowest BCUT2D eigenvalue weighted by Gasteiger charge is -2.21. The summed E-state index contributed by atoms with van der Waals surface area (Å²) in [5.74, 6) is -1.47. The smallest absolute Gasteiger partial charge is 0.328 e. The number of hydrogen-bond acceptors (Lipinski definition) is 4. The largest absolute Gasteiger partial charge is 0.459 e. The summed E-state index contributed by atoms with van der Waals surface area (Å²) in [4.78, 5) is 16.4. The van der Waals surface area contributed by atoms with Crippen molar-refractivity contribution in [3.8, 4) is 6.07 Å². The number of ether oxygens (including phenoxy) is 1. The Hall–Kier alpha value is -2.41. The number of pyridine rings is 1. The number of nitrogens with zero attached hydrogens (tertiary/aromatic N) is 2. The summed E-state index contributed by atoms with van der Waals surface area (Å²) in [7, 11) is 0. The van der Waals surface area contributed by atoms with E-state index in [1.165, 1.54) is 0 Å². The van der Waals surface area contributed by atoms with E-state index in [0.29, 0.717) is 5.56 Å². The zero-order valence-corrected chi connectivity index (χ0v) is 11.8. The molecule has 0 N–H and O–H groups in total. The Morgan fingerprint density at radius 1 is 1.30 bits per heavy atom. The standard InChI is InChI=1S/C16H16N2O2/c1-16(2,3)20-15(19)13(10-17)11-8-9-18-14-7-5-4-6-12(11)14/h4-9,13H,1-3H3/t13-/m0/s1. The van der Waals surface area contributed by atoms with E-state index in [4.69, 9.17) is 4.74 Å². The van der Waals surface area contributed by atoms with Crippen molar-refractivity contribution in [3.63, 3.8) is 0 Å². The first-order valence-corrected chi connectivity index (χ1v) is 6.38. The van der Waals surface area contributed by atoms with Gasteiger partial charge in [-0.25, -0.2) is 0 Å². The van der Waals surface area contributed by atoms with Crippen LogP contribution in [0, 0.1) is 11.3 Å². The molecule has 2 rings (SSSR count). The van der Waals surface area contributed by atoms with E-state index in [9.17, 15) is 10.1 Å². The molecule has 20 heavy (non-hydrogen) atoms. The number of aromatic nitrogens is 1. The zero-order valence-electron chi connectivity index (χ0n) is 11.8. The number of para-hydroxylation sites is 1. The first kappa shape index (κ1) is 14.0. The highest BCUT2D eigenvalue weighted by Crippen LogP contribution is 2.26. The van der Waals surface area contributed by atoms with E-state index < -0.39 is 17.5 Å². The molecule has 0 radical (unpaired) electrons. The van der Waals surface area contributed by atoms with Gasteiger partial charge in [0.1, 0.15) is 5.60 Å². The molecule has 0 saturated carbocycles. The fourth-order valence-corrected chi connectivity index (χ4v) is 1.98. The van der Waals surface area contributed by atoms with E-state index >= 15 is 0 Å². The fraction of sp³-hybridized carbons (Fsp3) is 0.312. The molecule has 0 bridgehead atoms. The zero-order chi connectivity index (χ0) is 14.8. The number of benzene rings is 1. The van der Waals surface area contributed by atoms with Crippen LogP contribution in [0.1, 0.15) is 32.3 Å². The van der Waals surface area contributed by atoms with Gasteiger partial charge < -0.3 is 4.74 Å². The van der Waals surface area contributed by atoms with Crippen LogP contribution in [0.4, 0.5) is 0 Å². The molecule has 0 aliphatic rings. The number of hydrogen-bond donors (Lipinski definition) is 0. The van der Waals surface area contributed by atoms with Crippen molar-refractivity contribution in [2.45, 2.75) is 32.3 Å². The van der Waals surface area contributed by atoms with E-state index in [0.717, 1.165) is 10.9 Å². The number of nitriles is 1. The molecule has 1 atom stereocenters. The highest BCUT2D eigenvalue weighted by Gasteiger charge is 2.27. The SMILES string of the molecule is CC(C)(C)OC(=O)[C@@H](C#N)c1ccnc2ccccc12. The fourth-order valence-electron chi connectivity index (χ4n) is 1.98. The Bertz CT molecular complexity index is 675. The minimum atomic E-state index is -0.942. The molecule has 0 unspecified atom stereocenters. The van der Waals surface area contributed by atoms with Crippen LogP contribution in [-0.4, -0.2) is 16.6 Å². The van der Waals surface area contributed by atoms with Gasteiger partial charge in [-0.15, -0.1) is 0 Å². The maximum absolute atomic E-state index is 12.2. The first-order valence-electron chi connectivity index (χ1n) is 6.38. The van der Waals surface area contributed by atoms with E-state index in [1.54, 1.807) is 33.0 Å². The third-order valence-corrected chi connectivity index (χ3v) is 2.77. The summed E-state index contributed by atoms with van der Waals surface area (Å²) < 4.78 is 5.31. The molecule has 0 aliphatic carbocycles. The summed E-state index contributed by atoms with van der Waals surface area (Å²) in [6.07, 6.45) is 1.60. The molecule has 0 fully saturated rings. The number of esters is 1. The van der Waals surface area contributed by atoms with Gasteiger partial charge >= 0.3 is 5.97 Å². The molecule has 4 heteroatoms. The summed E-state index contributed by atoms with van der Waals surface area (Å²) >= 11 is 0. The molecule has 4 nitrogen and oxygen atoms in total. The van der Waals surface area contributed by atoms with Crippen molar-refractivity contribution < 1.29 is 9.53 Å². The topological polar surface area (TPSA) is 63.0 Å². The van der Waals surface area contributed by atoms with Crippen LogP contribution in [0.25, 0.3) is 10.9 Å². The van der Waals surface area contributed by atoms with Gasteiger partial charge in [0.2, 0.25) is 0 Å². The average molecular weight is 268 g/mol. The monoisotopic (exact) mass is 268 g/mol. The Balaban J connectivity index is 2.46. The van der Waals surface area contributed by atoms with Gasteiger partial charge in [0.15, 0.2) is 5.92 Å². The molecule has 0 aliphatic heterocycles. The average Bonchev–Trinajstić information content (AvgIpc) is 2.38. The second kappa shape index (κ2) is 5.30. The summed E-state index contributed by atoms with van der Waals surface area (Å²) in [6.45, 7) is 5.35. The summed E-state index contributed by atoms with van der Waals surface area (Å²) in [5, 5.41) is 10.1. The van der Waals surface area contributed by atoms with Crippen LogP contribution < -0.4 is 0 Å². The van der Waals surface area contributed by atoms with Crippen molar-refractivity contribution >= 4 is 16.9 Å². The minimum Gasteiger partial charge on any atom is -0.459 e. The van der Waals surface area contributed by atoms with Gasteiger partial charge in [0.25, 0.3) is 0 Å². The van der Waals surface area contributed by atoms with Crippen molar-refractivity contribution in [1.82, 2.24) is 4.98 Å². The normalized spacial score (nSPS) is 12.7. The third kappa shape index (κ3) is 2.94. The number of carbonyl (C=O) groups excluding carboxylic acids is 1. The predicted octanol–water partition coefficient (Wildman–Crippen LogP) is 3.18. The molecular formula is C16H16N2O2. The van der Waals surface area contributed by atoms with Crippen LogP contribution in [0.3, 0.4) is 0 Å². The van der Waals surface area contributed by atoms with Crippen LogP contribution in [-0.2, 0) is 9.53 Å². The van der Waals surface area contributed by atoms with E-state index in [1.807, 2.05) is 30.3 Å². The summed E-state index contributed by atoms with van der Waals surface area (Å²) in [5.41, 5.74) is 0.774. The molecule has 1 heterocycles. The van der Waals surface area contributed by atoms with Crippen molar-refractivity contribution in [2.75, 3.05) is 0 Å². The molecule has 0 spiro atoms. The Morgan fingerprint density at radius 2 is 2.00 bits per heavy atom. The molecule has 1 aromatic carbocycles. The van der Waals surface area contributed by atoms with Gasteiger partial charge in [-0.05, 0) is 38.5 Å². The summed E-state index contributed by atoms with van der Waals surface area (Å²) in [6, 6.07) is 11.2. The van der Waals surface area contributed by atoms with E-state index in [2.05, 4.69) is 4.98 Å². The lowest BCUT2D eigenvalue weighted by molar-refractivity contribution is -0.155. The van der Waals surface area contributed by atoms with Crippen LogP contribution in [0.2, 0.25) is 0 Å². The Kier molecular flexibility index (Phi) is 3.71. The van der Waals surface area contributed by atoms with Gasteiger partial charge in [0, 0.05) is 11.6 Å². The third-order valence-electron chi connectivity index (χ3n) is 2.77.